The van der Waals surface area contributed by atoms with Gasteiger partial charge in [-0.2, -0.15) is 5.10 Å². The third-order valence-electron chi connectivity index (χ3n) is 10.5. The number of aryl methyl sites for hydroxylation is 1. The number of aromatic amines is 2. The highest BCUT2D eigenvalue weighted by atomic mass is 16.6. The minimum absolute atomic E-state index is 0.0294. The molecule has 48 heavy (non-hydrogen) atoms. The third kappa shape index (κ3) is 6.91. The van der Waals surface area contributed by atoms with E-state index in [0.717, 1.165) is 72.3 Å². The minimum atomic E-state index is -0.936. The molecule has 2 aromatic heterocycles. The molecule has 12 heteroatoms. The highest BCUT2D eigenvalue weighted by Crippen LogP contribution is 2.26. The second-order valence-corrected chi connectivity index (χ2v) is 13.7. The van der Waals surface area contributed by atoms with E-state index in [1.807, 2.05) is 60.5 Å². The molecule has 1 unspecified atom stereocenters. The van der Waals surface area contributed by atoms with Crippen molar-refractivity contribution in [1.82, 2.24) is 39.3 Å². The number of piperazine rings is 1. The second-order valence-electron chi connectivity index (χ2n) is 13.7. The number of ether oxygens (including phenoxy) is 1. The Hall–Kier alpha value is -4.42. The van der Waals surface area contributed by atoms with Crippen LogP contribution in [0.15, 0.2) is 59.7 Å². The number of hydrogen-bond acceptors (Lipinski definition) is 7. The van der Waals surface area contributed by atoms with Crippen molar-refractivity contribution >= 4 is 22.9 Å². The first kappa shape index (κ1) is 32.1. The van der Waals surface area contributed by atoms with E-state index in [1.54, 1.807) is 15.7 Å². The van der Waals surface area contributed by atoms with Gasteiger partial charge in [-0.1, -0.05) is 36.4 Å². The smallest absolute Gasteiger partial charge is 0.410 e. The van der Waals surface area contributed by atoms with Gasteiger partial charge in [-0.05, 0) is 75.5 Å². The number of aromatic nitrogens is 4. The lowest BCUT2D eigenvalue weighted by molar-refractivity contribution is -0.143. The van der Waals surface area contributed by atoms with Crippen LogP contribution in [-0.4, -0.2) is 123 Å². The lowest BCUT2D eigenvalue weighted by Gasteiger charge is -2.42. The van der Waals surface area contributed by atoms with E-state index >= 15 is 0 Å². The molecule has 2 N–H and O–H groups in total. The Bertz CT molecular complexity index is 1770. The highest BCUT2D eigenvalue weighted by molar-refractivity contribution is 5.85. The van der Waals surface area contributed by atoms with Gasteiger partial charge in [0.05, 0.1) is 17.4 Å². The van der Waals surface area contributed by atoms with Crippen molar-refractivity contribution in [3.63, 3.8) is 0 Å². The Balaban J connectivity index is 1.01. The minimum Gasteiger partial charge on any atom is -0.436 e. The zero-order chi connectivity index (χ0) is 33.2. The van der Waals surface area contributed by atoms with Gasteiger partial charge in [-0.3, -0.25) is 19.4 Å². The summed E-state index contributed by atoms with van der Waals surface area (Å²) >= 11 is 0. The number of amides is 2. The Morgan fingerprint density at radius 3 is 2.35 bits per heavy atom. The van der Waals surface area contributed by atoms with Crippen LogP contribution < -0.4 is 5.69 Å². The number of likely N-dealkylation sites (tertiary alicyclic amines) is 2. The molecule has 12 nitrogen and oxygen atoms in total. The molecule has 0 spiro atoms. The largest absolute Gasteiger partial charge is 0.436 e. The number of nitrogens with zero attached hydrogens (tertiary/aromatic N) is 6. The van der Waals surface area contributed by atoms with E-state index in [9.17, 15) is 14.4 Å². The first-order valence-electron chi connectivity index (χ1n) is 17.3. The lowest BCUT2D eigenvalue weighted by Crippen LogP contribution is -2.56. The zero-order valence-corrected chi connectivity index (χ0v) is 27.9. The van der Waals surface area contributed by atoms with Gasteiger partial charge in [0, 0.05) is 69.4 Å². The standard InChI is InChI=1S/C36H46N8O4/c1-25-20-26(21-28-23-37-39-33(25)28)22-32(34(45)42-18-16-41(17-19-42)29-8-12-40(2)13-9-29)48-36(47)43-14-10-30(11-15-43)44-24-31(38-35(44)46)27-6-4-3-5-7-27/h3-7,20-21,23-24,29-30,32H,8-19,22H2,1-2H3,(H,37,39)(H,38,46). The Kier molecular flexibility index (Phi) is 9.36. The maximum atomic E-state index is 14.1. The molecule has 2 amide bonds. The molecule has 1 atom stereocenters. The van der Waals surface area contributed by atoms with Crippen LogP contribution in [-0.2, 0) is 16.0 Å². The molecule has 2 aromatic carbocycles. The molecule has 254 valence electrons. The normalized spacial score (nSPS) is 19.5. The molecule has 3 aliphatic rings. The summed E-state index contributed by atoms with van der Waals surface area (Å²) < 4.78 is 7.85. The van der Waals surface area contributed by atoms with Crippen LogP contribution in [0.4, 0.5) is 4.79 Å². The fraction of sp³-hybridized carbons (Fsp3) is 0.500. The topological polar surface area (TPSA) is 123 Å². The van der Waals surface area contributed by atoms with Crippen molar-refractivity contribution in [1.29, 1.82) is 0 Å². The molecule has 0 radical (unpaired) electrons. The second kappa shape index (κ2) is 14.0. The zero-order valence-electron chi connectivity index (χ0n) is 27.9. The number of piperidine rings is 2. The number of fused-ring (bicyclic) bond motifs is 1. The summed E-state index contributed by atoms with van der Waals surface area (Å²) in [7, 11) is 2.17. The van der Waals surface area contributed by atoms with Crippen molar-refractivity contribution in [2.45, 2.75) is 57.2 Å². The number of carbonyl (C=O) groups excluding carboxylic acids is 2. The van der Waals surface area contributed by atoms with Crippen LogP contribution >= 0.6 is 0 Å². The number of imidazole rings is 1. The van der Waals surface area contributed by atoms with Crippen LogP contribution in [0.3, 0.4) is 0 Å². The molecular formula is C36H46N8O4. The summed E-state index contributed by atoms with van der Waals surface area (Å²) in [5, 5.41) is 8.17. The van der Waals surface area contributed by atoms with Gasteiger partial charge < -0.3 is 24.4 Å². The van der Waals surface area contributed by atoms with E-state index in [1.165, 1.54) is 0 Å². The monoisotopic (exact) mass is 654 g/mol. The number of rotatable bonds is 7. The fourth-order valence-corrected chi connectivity index (χ4v) is 7.66. The van der Waals surface area contributed by atoms with Gasteiger partial charge in [0.1, 0.15) is 0 Å². The summed E-state index contributed by atoms with van der Waals surface area (Å²) in [6, 6.07) is 14.4. The van der Waals surface area contributed by atoms with Gasteiger partial charge in [-0.15, -0.1) is 0 Å². The molecule has 7 rings (SSSR count). The number of nitrogens with one attached hydrogen (secondary N) is 2. The Morgan fingerprint density at radius 1 is 0.917 bits per heavy atom. The Labute approximate surface area is 280 Å². The molecule has 0 aliphatic carbocycles. The predicted octanol–water partition coefficient (Wildman–Crippen LogP) is 3.65. The van der Waals surface area contributed by atoms with E-state index in [0.29, 0.717) is 51.5 Å². The average molecular weight is 655 g/mol. The van der Waals surface area contributed by atoms with Gasteiger partial charge in [0.2, 0.25) is 0 Å². The van der Waals surface area contributed by atoms with Crippen LogP contribution in [0.5, 0.6) is 0 Å². The molecule has 3 aliphatic heterocycles. The molecule has 0 saturated carbocycles. The van der Waals surface area contributed by atoms with Crippen molar-refractivity contribution in [2.24, 2.45) is 0 Å². The van der Waals surface area contributed by atoms with Gasteiger partial charge in [-0.25, -0.2) is 9.59 Å². The summed E-state index contributed by atoms with van der Waals surface area (Å²) in [6.45, 7) is 8.03. The van der Waals surface area contributed by atoms with E-state index in [-0.39, 0.29) is 17.6 Å². The number of carbonyl (C=O) groups is 2. The van der Waals surface area contributed by atoms with Crippen LogP contribution in [0.2, 0.25) is 0 Å². The SMILES string of the molecule is Cc1cc(CC(OC(=O)N2CCC(n3cc(-c4ccccc4)[nH]c3=O)CC2)C(=O)N2CCN(C3CCN(C)CC3)CC2)cc2cn[nH]c12. The van der Waals surface area contributed by atoms with Crippen LogP contribution in [0.1, 0.15) is 42.9 Å². The highest BCUT2D eigenvalue weighted by Gasteiger charge is 2.35. The van der Waals surface area contributed by atoms with Crippen molar-refractivity contribution < 1.29 is 14.3 Å². The molecule has 3 fully saturated rings. The number of hydrogen-bond donors (Lipinski definition) is 2. The Morgan fingerprint density at radius 2 is 1.62 bits per heavy atom. The molecular weight excluding hydrogens is 608 g/mol. The predicted molar refractivity (Wildman–Crippen MR) is 184 cm³/mol. The van der Waals surface area contributed by atoms with Gasteiger partial charge in [0.25, 0.3) is 5.91 Å². The molecule has 3 saturated heterocycles. The van der Waals surface area contributed by atoms with Crippen molar-refractivity contribution in [2.75, 3.05) is 59.4 Å². The molecule has 5 heterocycles. The first-order valence-corrected chi connectivity index (χ1v) is 17.3. The maximum Gasteiger partial charge on any atom is 0.410 e. The van der Waals surface area contributed by atoms with E-state index in [2.05, 4.69) is 32.0 Å². The molecule has 0 bridgehead atoms. The summed E-state index contributed by atoms with van der Waals surface area (Å²) in [4.78, 5) is 52.0. The van der Waals surface area contributed by atoms with Crippen LogP contribution in [0, 0.1) is 6.92 Å². The average Bonchev–Trinajstić information content (AvgIpc) is 3.76. The quantitative estimate of drug-likeness (QED) is 0.312. The third-order valence-corrected chi connectivity index (χ3v) is 10.5. The van der Waals surface area contributed by atoms with Gasteiger partial charge in [0.15, 0.2) is 6.10 Å². The summed E-state index contributed by atoms with van der Waals surface area (Å²) in [5.74, 6) is -0.140. The van der Waals surface area contributed by atoms with Crippen LogP contribution in [0.25, 0.3) is 22.2 Å². The van der Waals surface area contributed by atoms with Gasteiger partial charge >= 0.3 is 11.8 Å². The fourth-order valence-electron chi connectivity index (χ4n) is 7.66. The van der Waals surface area contributed by atoms with Crippen molar-refractivity contribution in [3.05, 3.63) is 76.5 Å². The summed E-state index contributed by atoms with van der Waals surface area (Å²) in [5.41, 5.74) is 4.50. The number of benzene rings is 2. The maximum absolute atomic E-state index is 14.1. The number of H-pyrrole nitrogens is 2. The summed E-state index contributed by atoms with van der Waals surface area (Å²) in [6.07, 6.45) is 6.08. The van der Waals surface area contributed by atoms with Crippen molar-refractivity contribution in [3.8, 4) is 11.3 Å². The molecule has 4 aromatic rings. The van der Waals surface area contributed by atoms with E-state index < -0.39 is 12.2 Å². The first-order chi connectivity index (χ1) is 23.3. The lowest BCUT2D eigenvalue weighted by atomic mass is 10.0. The van der Waals surface area contributed by atoms with E-state index in [4.69, 9.17) is 4.74 Å².